The van der Waals surface area contributed by atoms with E-state index in [1.807, 2.05) is 24.3 Å². The molecule has 2 heterocycles. The van der Waals surface area contributed by atoms with Gasteiger partial charge < -0.3 is 4.74 Å². The molecule has 0 amide bonds. The normalized spacial score (nSPS) is 10.4. The van der Waals surface area contributed by atoms with E-state index in [1.165, 1.54) is 11.8 Å². The van der Waals surface area contributed by atoms with E-state index in [-0.39, 0.29) is 5.78 Å². The minimum atomic E-state index is 0.0441. The van der Waals surface area contributed by atoms with Gasteiger partial charge in [0.2, 0.25) is 0 Å². The molecule has 0 unspecified atom stereocenters. The Labute approximate surface area is 144 Å². The third-order valence-electron chi connectivity index (χ3n) is 3.38. The molecule has 3 aromatic rings. The van der Waals surface area contributed by atoms with Crippen molar-refractivity contribution in [2.45, 2.75) is 5.03 Å². The van der Waals surface area contributed by atoms with Crippen molar-refractivity contribution < 1.29 is 9.53 Å². The maximum atomic E-state index is 12.2. The Morgan fingerprint density at radius 2 is 1.75 bits per heavy atom. The molecule has 0 fully saturated rings. The van der Waals surface area contributed by atoms with Crippen LogP contribution in [-0.4, -0.2) is 33.8 Å². The average molecular weight is 337 g/mol. The molecule has 3 rings (SSSR count). The molecule has 0 aliphatic carbocycles. The summed E-state index contributed by atoms with van der Waals surface area (Å²) in [5.74, 6) is 1.09. The van der Waals surface area contributed by atoms with Gasteiger partial charge in [-0.15, -0.1) is 10.2 Å². The fourth-order valence-corrected chi connectivity index (χ4v) is 2.78. The monoisotopic (exact) mass is 337 g/mol. The van der Waals surface area contributed by atoms with E-state index in [9.17, 15) is 4.79 Å². The molecular formula is C18H15N3O2S. The summed E-state index contributed by atoms with van der Waals surface area (Å²) in [5, 5.41) is 9.08. The highest BCUT2D eigenvalue weighted by molar-refractivity contribution is 7.99. The molecule has 24 heavy (non-hydrogen) atoms. The molecule has 5 nitrogen and oxygen atoms in total. The van der Waals surface area contributed by atoms with Crippen molar-refractivity contribution in [1.29, 1.82) is 0 Å². The van der Waals surface area contributed by atoms with E-state index in [0.29, 0.717) is 11.3 Å². The van der Waals surface area contributed by atoms with Crippen molar-refractivity contribution in [2.75, 3.05) is 12.9 Å². The molecular weight excluding hydrogens is 322 g/mol. The van der Waals surface area contributed by atoms with Gasteiger partial charge in [0.05, 0.1) is 18.6 Å². The zero-order valence-corrected chi connectivity index (χ0v) is 13.9. The second-order valence-corrected chi connectivity index (χ2v) is 5.93. The number of rotatable bonds is 6. The summed E-state index contributed by atoms with van der Waals surface area (Å²) in [6, 6.07) is 14.6. The fourth-order valence-electron chi connectivity index (χ4n) is 2.07. The summed E-state index contributed by atoms with van der Waals surface area (Å²) < 4.78 is 5.09. The van der Waals surface area contributed by atoms with Crippen LogP contribution in [0.1, 0.15) is 10.4 Å². The number of pyridine rings is 1. The molecule has 0 saturated carbocycles. The second kappa shape index (κ2) is 7.70. The number of methoxy groups -OCH3 is 1. The third kappa shape index (κ3) is 3.97. The first-order chi connectivity index (χ1) is 11.8. The van der Waals surface area contributed by atoms with Crippen LogP contribution in [0, 0.1) is 0 Å². The van der Waals surface area contributed by atoms with Gasteiger partial charge in [0.25, 0.3) is 0 Å². The van der Waals surface area contributed by atoms with E-state index < -0.39 is 0 Å². The van der Waals surface area contributed by atoms with Gasteiger partial charge in [-0.2, -0.15) is 0 Å². The van der Waals surface area contributed by atoms with Crippen molar-refractivity contribution in [3.63, 3.8) is 0 Å². The Balaban J connectivity index is 1.61. The van der Waals surface area contributed by atoms with E-state index >= 15 is 0 Å². The van der Waals surface area contributed by atoms with Crippen molar-refractivity contribution >= 4 is 17.5 Å². The lowest BCUT2D eigenvalue weighted by Gasteiger charge is -2.04. The number of carbonyl (C=O) groups excluding carboxylic acids is 1. The van der Waals surface area contributed by atoms with Crippen molar-refractivity contribution in [3.05, 3.63) is 66.5 Å². The Hall–Kier alpha value is -2.73. The molecule has 0 bridgehead atoms. The van der Waals surface area contributed by atoms with Crippen LogP contribution in [0.4, 0.5) is 0 Å². The molecule has 6 heteroatoms. The summed E-state index contributed by atoms with van der Waals surface area (Å²) in [7, 11) is 1.60. The molecule has 2 aromatic heterocycles. The van der Waals surface area contributed by atoms with Crippen molar-refractivity contribution in [3.8, 4) is 17.0 Å². The van der Waals surface area contributed by atoms with Crippen molar-refractivity contribution in [1.82, 2.24) is 15.2 Å². The van der Waals surface area contributed by atoms with E-state index in [4.69, 9.17) is 4.74 Å². The maximum absolute atomic E-state index is 12.2. The van der Waals surface area contributed by atoms with Gasteiger partial charge in [0, 0.05) is 23.5 Å². The van der Waals surface area contributed by atoms with Crippen LogP contribution in [0.25, 0.3) is 11.3 Å². The van der Waals surface area contributed by atoms with Crippen molar-refractivity contribution in [2.24, 2.45) is 0 Å². The number of ketones is 1. The number of benzene rings is 1. The number of Topliss-reactive ketones (excluding diaryl/α,β-unsaturated/α-hetero) is 1. The van der Waals surface area contributed by atoms with Gasteiger partial charge in [-0.3, -0.25) is 9.78 Å². The minimum Gasteiger partial charge on any atom is -0.497 e. The highest BCUT2D eigenvalue weighted by Crippen LogP contribution is 2.20. The zero-order chi connectivity index (χ0) is 16.8. The SMILES string of the molecule is COc1ccc(C(=O)CSc2ccc(-c3ccncc3)nn2)cc1. The van der Waals surface area contributed by atoms with Crippen LogP contribution in [0.3, 0.4) is 0 Å². The van der Waals surface area contributed by atoms with Crippen LogP contribution < -0.4 is 4.74 Å². The summed E-state index contributed by atoms with van der Waals surface area (Å²) >= 11 is 1.37. The van der Waals surface area contributed by atoms with Gasteiger partial charge in [-0.25, -0.2) is 0 Å². The van der Waals surface area contributed by atoms with Crippen LogP contribution in [0.15, 0.2) is 66.0 Å². The van der Waals surface area contributed by atoms with Gasteiger partial charge >= 0.3 is 0 Å². The number of ether oxygens (including phenoxy) is 1. The zero-order valence-electron chi connectivity index (χ0n) is 13.0. The second-order valence-electron chi connectivity index (χ2n) is 4.93. The van der Waals surface area contributed by atoms with E-state index in [0.717, 1.165) is 22.0 Å². The van der Waals surface area contributed by atoms with Gasteiger partial charge in [0.1, 0.15) is 10.8 Å². The van der Waals surface area contributed by atoms with E-state index in [2.05, 4.69) is 15.2 Å². The van der Waals surface area contributed by atoms with Gasteiger partial charge in [0.15, 0.2) is 5.78 Å². The molecule has 0 aliphatic rings. The maximum Gasteiger partial charge on any atom is 0.173 e. The van der Waals surface area contributed by atoms with Crippen LogP contribution >= 0.6 is 11.8 Å². The first-order valence-corrected chi connectivity index (χ1v) is 8.29. The molecule has 0 radical (unpaired) electrons. The molecule has 0 atom stereocenters. The average Bonchev–Trinajstić information content (AvgIpc) is 2.67. The first-order valence-electron chi connectivity index (χ1n) is 7.30. The lowest BCUT2D eigenvalue weighted by molar-refractivity contribution is 0.102. The molecule has 0 aliphatic heterocycles. The highest BCUT2D eigenvalue weighted by Gasteiger charge is 2.08. The molecule has 120 valence electrons. The minimum absolute atomic E-state index is 0.0441. The number of hydrogen-bond donors (Lipinski definition) is 0. The number of carbonyl (C=O) groups is 1. The van der Waals surface area contributed by atoms with Gasteiger partial charge in [-0.05, 0) is 48.5 Å². The van der Waals surface area contributed by atoms with Crippen LogP contribution in [0.5, 0.6) is 5.75 Å². The number of thioether (sulfide) groups is 1. The smallest absolute Gasteiger partial charge is 0.173 e. The van der Waals surface area contributed by atoms with Crippen LogP contribution in [0.2, 0.25) is 0 Å². The summed E-state index contributed by atoms with van der Waals surface area (Å²) in [5.41, 5.74) is 2.40. The Morgan fingerprint density at radius 1 is 1.00 bits per heavy atom. The highest BCUT2D eigenvalue weighted by atomic mass is 32.2. The summed E-state index contributed by atoms with van der Waals surface area (Å²) in [6.45, 7) is 0. The summed E-state index contributed by atoms with van der Waals surface area (Å²) in [4.78, 5) is 16.2. The fraction of sp³-hybridized carbons (Fsp3) is 0.111. The Bertz CT molecular complexity index is 806. The topological polar surface area (TPSA) is 65.0 Å². The molecule has 1 aromatic carbocycles. The van der Waals surface area contributed by atoms with Crippen LogP contribution in [-0.2, 0) is 0 Å². The largest absolute Gasteiger partial charge is 0.497 e. The number of nitrogens with zero attached hydrogens (tertiary/aromatic N) is 3. The number of hydrogen-bond acceptors (Lipinski definition) is 6. The number of aromatic nitrogens is 3. The Morgan fingerprint density at radius 3 is 2.38 bits per heavy atom. The quantitative estimate of drug-likeness (QED) is 0.506. The lowest BCUT2D eigenvalue weighted by Crippen LogP contribution is -2.02. The standard InChI is InChI=1S/C18H15N3O2S/c1-23-15-4-2-14(3-5-15)17(22)12-24-18-7-6-16(20-21-18)13-8-10-19-11-9-13/h2-11H,12H2,1H3. The first kappa shape index (κ1) is 16.1. The lowest BCUT2D eigenvalue weighted by atomic mass is 10.1. The predicted octanol–water partition coefficient (Wildman–Crippen LogP) is 3.52. The Kier molecular flexibility index (Phi) is 5.18. The third-order valence-corrected chi connectivity index (χ3v) is 4.30. The van der Waals surface area contributed by atoms with Gasteiger partial charge in [-0.1, -0.05) is 11.8 Å². The summed E-state index contributed by atoms with van der Waals surface area (Å²) in [6.07, 6.45) is 3.43. The molecule has 0 N–H and O–H groups in total. The molecule has 0 saturated heterocycles. The predicted molar refractivity (Wildman–Crippen MR) is 93.3 cm³/mol. The molecule has 0 spiro atoms. The van der Waals surface area contributed by atoms with E-state index in [1.54, 1.807) is 43.8 Å².